The predicted octanol–water partition coefficient (Wildman–Crippen LogP) is 5.40. The summed E-state index contributed by atoms with van der Waals surface area (Å²) in [5, 5.41) is 8.65. The molecule has 30 heavy (non-hydrogen) atoms. The van der Waals surface area contributed by atoms with Crippen LogP contribution in [0, 0.1) is 11.2 Å². The third-order valence-corrected chi connectivity index (χ3v) is 5.84. The molecule has 152 valence electrons. The average molecular weight is 423 g/mol. The molecule has 0 saturated heterocycles. The number of nitrogens with one attached hydrogen (secondary N) is 1. The van der Waals surface area contributed by atoms with E-state index in [9.17, 15) is 9.18 Å². The summed E-state index contributed by atoms with van der Waals surface area (Å²) in [5.41, 5.74) is 2.98. The maximum absolute atomic E-state index is 13.6. The summed E-state index contributed by atoms with van der Waals surface area (Å²) in [6.45, 7) is 4.17. The minimum atomic E-state index is -0.458. The van der Waals surface area contributed by atoms with E-state index in [4.69, 9.17) is 16.7 Å². The van der Waals surface area contributed by atoms with Crippen molar-refractivity contribution < 1.29 is 9.18 Å². The summed E-state index contributed by atoms with van der Waals surface area (Å²) in [4.78, 5) is 17.9. The van der Waals surface area contributed by atoms with Crippen molar-refractivity contribution >= 4 is 23.3 Å². The number of anilines is 1. The average Bonchev–Trinajstić information content (AvgIpc) is 3.10. The van der Waals surface area contributed by atoms with Gasteiger partial charge in [-0.1, -0.05) is 49.7 Å². The van der Waals surface area contributed by atoms with Crippen molar-refractivity contribution in [1.82, 2.24) is 14.8 Å². The topological polar surface area (TPSA) is 59.8 Å². The standard InChI is InChI=1S/C23H20ClFN4O/c1-23(2)11-17-19(18(30)12-23)20(13-6-8-16(25)9-7-13)29-22(26-17)27-21(28-29)14-4-3-5-15(24)10-14/h3-10,20H,11-12H2,1-2H3,(H,26,27,28)/t20-/m1/s1. The van der Waals surface area contributed by atoms with Crippen LogP contribution in [0.5, 0.6) is 0 Å². The minimum absolute atomic E-state index is 0.0773. The van der Waals surface area contributed by atoms with E-state index in [0.29, 0.717) is 28.8 Å². The molecule has 1 atom stereocenters. The minimum Gasteiger partial charge on any atom is -0.328 e. The number of carbonyl (C=O) groups is 1. The summed E-state index contributed by atoms with van der Waals surface area (Å²) in [5.74, 6) is 0.826. The van der Waals surface area contributed by atoms with Gasteiger partial charge in [-0.05, 0) is 41.7 Å². The fourth-order valence-electron chi connectivity index (χ4n) is 4.31. The van der Waals surface area contributed by atoms with Gasteiger partial charge in [-0.25, -0.2) is 9.07 Å². The molecule has 0 bridgehead atoms. The zero-order valence-electron chi connectivity index (χ0n) is 16.6. The van der Waals surface area contributed by atoms with Gasteiger partial charge in [0.2, 0.25) is 5.95 Å². The molecule has 2 heterocycles. The van der Waals surface area contributed by atoms with Gasteiger partial charge in [0, 0.05) is 28.3 Å². The third-order valence-electron chi connectivity index (χ3n) is 5.60. The Labute approximate surface area is 178 Å². The van der Waals surface area contributed by atoms with E-state index < -0.39 is 6.04 Å². The zero-order chi connectivity index (χ0) is 21.0. The second-order valence-corrected chi connectivity index (χ2v) is 9.06. The van der Waals surface area contributed by atoms with E-state index in [1.54, 1.807) is 28.9 Å². The molecule has 0 fully saturated rings. The molecule has 0 unspecified atom stereocenters. The fraction of sp³-hybridized carbons (Fsp3) is 0.261. The monoisotopic (exact) mass is 422 g/mol. The highest BCUT2D eigenvalue weighted by molar-refractivity contribution is 6.30. The van der Waals surface area contributed by atoms with E-state index in [-0.39, 0.29) is 17.0 Å². The molecule has 1 N–H and O–H groups in total. The van der Waals surface area contributed by atoms with Gasteiger partial charge in [0.05, 0.1) is 0 Å². The van der Waals surface area contributed by atoms with Crippen LogP contribution in [0.15, 0.2) is 59.8 Å². The quantitative estimate of drug-likeness (QED) is 0.601. The highest BCUT2D eigenvalue weighted by atomic mass is 35.5. The van der Waals surface area contributed by atoms with Gasteiger partial charge in [-0.3, -0.25) is 4.79 Å². The van der Waals surface area contributed by atoms with Crippen LogP contribution < -0.4 is 5.32 Å². The molecular weight excluding hydrogens is 403 g/mol. The van der Waals surface area contributed by atoms with Crippen LogP contribution in [0.4, 0.5) is 10.3 Å². The molecule has 1 aliphatic heterocycles. The van der Waals surface area contributed by atoms with Gasteiger partial charge in [0.15, 0.2) is 11.6 Å². The molecule has 0 amide bonds. The molecule has 2 aromatic carbocycles. The molecule has 2 aliphatic rings. The Morgan fingerprint density at radius 3 is 2.67 bits per heavy atom. The van der Waals surface area contributed by atoms with Gasteiger partial charge < -0.3 is 5.32 Å². The van der Waals surface area contributed by atoms with Gasteiger partial charge >= 0.3 is 0 Å². The highest BCUT2D eigenvalue weighted by Crippen LogP contribution is 2.45. The Morgan fingerprint density at radius 1 is 1.17 bits per heavy atom. The number of carbonyl (C=O) groups excluding carboxylic acids is 1. The molecule has 3 aromatic rings. The first kappa shape index (κ1) is 19.0. The Hall–Kier alpha value is -2.99. The van der Waals surface area contributed by atoms with Crippen molar-refractivity contribution in [2.75, 3.05) is 5.32 Å². The van der Waals surface area contributed by atoms with Crippen molar-refractivity contribution in [3.8, 4) is 11.4 Å². The fourth-order valence-corrected chi connectivity index (χ4v) is 4.50. The van der Waals surface area contributed by atoms with Crippen LogP contribution in [0.25, 0.3) is 11.4 Å². The Kier molecular flexibility index (Phi) is 4.29. The summed E-state index contributed by atoms with van der Waals surface area (Å²) < 4.78 is 15.3. The van der Waals surface area contributed by atoms with Gasteiger partial charge in [0.1, 0.15) is 11.9 Å². The molecule has 5 rings (SSSR count). The van der Waals surface area contributed by atoms with Crippen molar-refractivity contribution in [1.29, 1.82) is 0 Å². The number of hydrogen-bond acceptors (Lipinski definition) is 4. The molecule has 0 radical (unpaired) electrons. The lowest BCUT2D eigenvalue weighted by atomic mass is 9.73. The maximum atomic E-state index is 13.6. The van der Waals surface area contributed by atoms with Gasteiger partial charge in [-0.15, -0.1) is 5.10 Å². The number of rotatable bonds is 2. The largest absolute Gasteiger partial charge is 0.328 e. The van der Waals surface area contributed by atoms with E-state index in [0.717, 1.165) is 23.2 Å². The highest BCUT2D eigenvalue weighted by Gasteiger charge is 2.41. The number of halogens is 2. The second-order valence-electron chi connectivity index (χ2n) is 8.63. The predicted molar refractivity (Wildman–Crippen MR) is 114 cm³/mol. The number of benzene rings is 2. The smallest absolute Gasteiger partial charge is 0.226 e. The maximum Gasteiger partial charge on any atom is 0.226 e. The Balaban J connectivity index is 1.68. The van der Waals surface area contributed by atoms with Crippen LogP contribution in [0.2, 0.25) is 5.02 Å². The number of hydrogen-bond donors (Lipinski definition) is 1. The van der Waals surface area contributed by atoms with Crippen molar-refractivity contribution in [3.63, 3.8) is 0 Å². The molecular formula is C23H20ClFN4O. The number of fused-ring (bicyclic) bond motifs is 1. The van der Waals surface area contributed by atoms with Crippen LogP contribution in [0.1, 0.15) is 38.3 Å². The number of aromatic nitrogens is 3. The van der Waals surface area contributed by atoms with Crippen molar-refractivity contribution in [3.05, 3.63) is 76.2 Å². The van der Waals surface area contributed by atoms with E-state index in [1.165, 1.54) is 12.1 Å². The molecule has 5 nitrogen and oxygen atoms in total. The lowest BCUT2D eigenvalue weighted by Crippen LogP contribution is -2.36. The molecule has 7 heteroatoms. The lowest BCUT2D eigenvalue weighted by Gasteiger charge is -2.38. The summed E-state index contributed by atoms with van der Waals surface area (Å²) in [6.07, 6.45) is 1.18. The first-order valence-corrected chi connectivity index (χ1v) is 10.2. The van der Waals surface area contributed by atoms with E-state index >= 15 is 0 Å². The van der Waals surface area contributed by atoms with Crippen molar-refractivity contribution in [2.45, 2.75) is 32.7 Å². The second kappa shape index (κ2) is 6.77. The van der Waals surface area contributed by atoms with E-state index in [1.807, 2.05) is 12.1 Å². The van der Waals surface area contributed by atoms with Crippen LogP contribution in [-0.2, 0) is 4.79 Å². The van der Waals surface area contributed by atoms with Gasteiger partial charge in [-0.2, -0.15) is 4.98 Å². The van der Waals surface area contributed by atoms with Gasteiger partial charge in [0.25, 0.3) is 0 Å². The molecule has 1 aliphatic carbocycles. The third kappa shape index (κ3) is 3.21. The molecule has 0 saturated carbocycles. The first-order chi connectivity index (χ1) is 14.3. The first-order valence-electron chi connectivity index (χ1n) is 9.82. The Morgan fingerprint density at radius 2 is 1.93 bits per heavy atom. The zero-order valence-corrected chi connectivity index (χ0v) is 17.4. The summed E-state index contributed by atoms with van der Waals surface area (Å²) in [7, 11) is 0. The van der Waals surface area contributed by atoms with Crippen LogP contribution >= 0.6 is 11.6 Å². The normalized spacial score (nSPS) is 19.9. The van der Waals surface area contributed by atoms with E-state index in [2.05, 4.69) is 24.1 Å². The summed E-state index contributed by atoms with van der Waals surface area (Å²) >= 11 is 6.14. The van der Waals surface area contributed by atoms with Crippen molar-refractivity contribution in [2.24, 2.45) is 5.41 Å². The Bertz CT molecular complexity index is 1200. The number of allylic oxidation sites excluding steroid dienone is 2. The van der Waals surface area contributed by atoms with Crippen LogP contribution in [-0.4, -0.2) is 20.5 Å². The number of Topliss-reactive ketones (excluding diaryl/α,β-unsaturated/α-hetero) is 1. The lowest BCUT2D eigenvalue weighted by molar-refractivity contribution is -0.118. The number of ketones is 1. The SMILES string of the molecule is CC1(C)CC(=O)C2=C(C1)Nc1nc(-c3cccc(Cl)c3)nn1[C@@H]2c1ccc(F)cc1. The number of nitrogens with zero attached hydrogens (tertiary/aromatic N) is 3. The molecule has 0 spiro atoms. The van der Waals surface area contributed by atoms with Crippen LogP contribution in [0.3, 0.4) is 0 Å². The molecule has 1 aromatic heterocycles. The summed E-state index contributed by atoms with van der Waals surface area (Å²) in [6, 6.07) is 13.1.